The molecule has 0 fully saturated rings. The number of halogens is 1. The largest absolute Gasteiger partial charge is 0.493 e. The van der Waals surface area contributed by atoms with Crippen LogP contribution in [-0.2, 0) is 0 Å². The number of benzene rings is 2. The van der Waals surface area contributed by atoms with Gasteiger partial charge in [-0.3, -0.25) is 9.59 Å². The molecule has 0 bridgehead atoms. The lowest BCUT2D eigenvalue weighted by Gasteiger charge is -2.27. The quantitative estimate of drug-likeness (QED) is 0.536. The maximum absolute atomic E-state index is 13.5. The van der Waals surface area contributed by atoms with E-state index in [0.29, 0.717) is 52.8 Å². The van der Waals surface area contributed by atoms with E-state index >= 15 is 0 Å². The van der Waals surface area contributed by atoms with Gasteiger partial charge in [0.1, 0.15) is 5.58 Å². The Balaban J connectivity index is 1.92. The van der Waals surface area contributed by atoms with E-state index in [1.54, 1.807) is 36.3 Å². The molecule has 168 valence electrons. The zero-order valence-corrected chi connectivity index (χ0v) is 19.2. The third kappa shape index (κ3) is 3.82. The molecule has 1 aliphatic heterocycles. The van der Waals surface area contributed by atoms with Gasteiger partial charge < -0.3 is 23.7 Å². The third-order valence-electron chi connectivity index (χ3n) is 5.52. The molecule has 0 unspecified atom stereocenters. The molecule has 1 aromatic heterocycles. The molecule has 0 saturated heterocycles. The first kappa shape index (κ1) is 22.2. The lowest BCUT2D eigenvalue weighted by molar-refractivity contribution is 0.0716. The van der Waals surface area contributed by atoms with Gasteiger partial charge in [-0.05, 0) is 56.9 Å². The Morgan fingerprint density at radius 3 is 2.59 bits per heavy atom. The highest BCUT2D eigenvalue weighted by Crippen LogP contribution is 2.41. The van der Waals surface area contributed by atoms with Crippen LogP contribution in [0.2, 0.25) is 5.02 Å². The van der Waals surface area contributed by atoms with Crippen LogP contribution in [0, 0.1) is 0 Å². The summed E-state index contributed by atoms with van der Waals surface area (Å²) >= 11 is 6.13. The van der Waals surface area contributed by atoms with E-state index in [1.807, 2.05) is 38.1 Å². The average Bonchev–Trinajstić information content (AvgIpc) is 3.05. The molecule has 1 atom stereocenters. The Labute approximate surface area is 191 Å². The highest BCUT2D eigenvalue weighted by Gasteiger charge is 2.42. The van der Waals surface area contributed by atoms with Gasteiger partial charge in [-0.2, -0.15) is 0 Å². The van der Waals surface area contributed by atoms with Crippen molar-refractivity contribution in [3.63, 3.8) is 0 Å². The molecule has 0 spiro atoms. The van der Waals surface area contributed by atoms with Gasteiger partial charge in [0.2, 0.25) is 5.76 Å². The molecule has 0 aliphatic carbocycles. The van der Waals surface area contributed by atoms with Crippen molar-refractivity contribution in [1.82, 2.24) is 9.80 Å². The summed E-state index contributed by atoms with van der Waals surface area (Å²) in [6, 6.07) is 9.67. The fourth-order valence-electron chi connectivity index (χ4n) is 4.01. The Bertz CT molecular complexity index is 1240. The summed E-state index contributed by atoms with van der Waals surface area (Å²) in [5.74, 6) is 0.890. The normalized spacial score (nSPS) is 15.5. The predicted molar refractivity (Wildman–Crippen MR) is 123 cm³/mol. The molecule has 4 rings (SSSR count). The topological polar surface area (TPSA) is 72.2 Å². The predicted octanol–water partition coefficient (Wildman–Crippen LogP) is 3.96. The van der Waals surface area contributed by atoms with E-state index in [-0.39, 0.29) is 17.1 Å². The van der Waals surface area contributed by atoms with Crippen LogP contribution in [0.25, 0.3) is 11.0 Å². The minimum atomic E-state index is -0.610. The van der Waals surface area contributed by atoms with Crippen LogP contribution >= 0.6 is 11.6 Å². The van der Waals surface area contributed by atoms with Crippen molar-refractivity contribution in [3.8, 4) is 11.5 Å². The molecule has 0 saturated carbocycles. The summed E-state index contributed by atoms with van der Waals surface area (Å²) in [6.07, 6.45) is 0. The van der Waals surface area contributed by atoms with Crippen molar-refractivity contribution in [2.24, 2.45) is 0 Å². The fourth-order valence-corrected chi connectivity index (χ4v) is 4.18. The van der Waals surface area contributed by atoms with Crippen molar-refractivity contribution >= 4 is 28.5 Å². The molecule has 2 aromatic carbocycles. The highest BCUT2D eigenvalue weighted by atomic mass is 35.5. The molecular formula is C24H25ClN2O5. The molecule has 0 N–H and O–H groups in total. The number of nitrogens with zero attached hydrogens (tertiary/aromatic N) is 2. The van der Waals surface area contributed by atoms with Crippen molar-refractivity contribution in [1.29, 1.82) is 0 Å². The number of fused-ring (bicyclic) bond motifs is 2. The zero-order valence-electron chi connectivity index (χ0n) is 18.5. The van der Waals surface area contributed by atoms with Gasteiger partial charge in [-0.25, -0.2) is 0 Å². The van der Waals surface area contributed by atoms with Crippen molar-refractivity contribution < 1.29 is 18.7 Å². The standard InChI is InChI=1S/C24H25ClN2O5/c1-5-31-18-8-6-14(12-19(18)30-4)21-20-22(28)16-13-15(25)7-9-17(16)32-23(20)24(29)27(21)11-10-26(2)3/h6-9,12-13,21H,5,10-11H2,1-4H3/t21-/m0/s1. The minimum Gasteiger partial charge on any atom is -0.493 e. The molecule has 2 heterocycles. The van der Waals surface area contributed by atoms with Crippen LogP contribution in [-0.4, -0.2) is 56.6 Å². The lowest BCUT2D eigenvalue weighted by Crippen LogP contribution is -2.35. The third-order valence-corrected chi connectivity index (χ3v) is 5.75. The number of hydrogen-bond donors (Lipinski definition) is 0. The van der Waals surface area contributed by atoms with Crippen LogP contribution in [0.5, 0.6) is 11.5 Å². The SMILES string of the molecule is CCOc1ccc([C@H]2c3c(oc4ccc(Cl)cc4c3=O)C(=O)N2CCN(C)C)cc1OC. The first-order valence-corrected chi connectivity index (χ1v) is 10.8. The second-order valence-electron chi connectivity index (χ2n) is 7.86. The van der Waals surface area contributed by atoms with Crippen molar-refractivity contribution in [2.75, 3.05) is 40.9 Å². The number of rotatable bonds is 7. The van der Waals surface area contributed by atoms with Gasteiger partial charge in [0.15, 0.2) is 16.9 Å². The number of hydrogen-bond acceptors (Lipinski definition) is 6. The van der Waals surface area contributed by atoms with E-state index in [1.165, 1.54) is 0 Å². The molecule has 3 aromatic rings. The van der Waals surface area contributed by atoms with Crippen molar-refractivity contribution in [3.05, 3.63) is 68.5 Å². The van der Waals surface area contributed by atoms with Crippen LogP contribution in [0.4, 0.5) is 0 Å². The van der Waals surface area contributed by atoms with Crippen molar-refractivity contribution in [2.45, 2.75) is 13.0 Å². The average molecular weight is 457 g/mol. The maximum atomic E-state index is 13.5. The Morgan fingerprint density at radius 2 is 1.91 bits per heavy atom. The molecule has 1 amide bonds. The van der Waals surface area contributed by atoms with E-state index < -0.39 is 6.04 Å². The molecule has 0 radical (unpaired) electrons. The number of amides is 1. The van der Waals surface area contributed by atoms with Crippen LogP contribution in [0.15, 0.2) is 45.6 Å². The van der Waals surface area contributed by atoms with Gasteiger partial charge in [0.25, 0.3) is 5.91 Å². The fraction of sp³-hybridized carbons (Fsp3) is 0.333. The van der Waals surface area contributed by atoms with E-state index in [2.05, 4.69) is 0 Å². The molecule has 7 nitrogen and oxygen atoms in total. The van der Waals surface area contributed by atoms with E-state index in [4.69, 9.17) is 25.5 Å². The van der Waals surface area contributed by atoms with Gasteiger partial charge in [0, 0.05) is 18.1 Å². The summed E-state index contributed by atoms with van der Waals surface area (Å²) in [5.41, 5.74) is 1.13. The molecule has 1 aliphatic rings. The van der Waals surface area contributed by atoms with Crippen LogP contribution in [0.1, 0.15) is 34.6 Å². The van der Waals surface area contributed by atoms with Gasteiger partial charge in [-0.15, -0.1) is 0 Å². The first-order chi connectivity index (χ1) is 15.3. The summed E-state index contributed by atoms with van der Waals surface area (Å²) in [6.45, 7) is 3.44. The summed E-state index contributed by atoms with van der Waals surface area (Å²) in [5, 5.41) is 0.777. The highest BCUT2D eigenvalue weighted by molar-refractivity contribution is 6.31. The number of ether oxygens (including phenoxy) is 2. The number of methoxy groups -OCH3 is 1. The minimum absolute atomic E-state index is 0.0708. The summed E-state index contributed by atoms with van der Waals surface area (Å²) in [4.78, 5) is 30.6. The molecular weight excluding hydrogens is 432 g/mol. The Hall–Kier alpha value is -3.03. The first-order valence-electron chi connectivity index (χ1n) is 10.4. The summed E-state index contributed by atoms with van der Waals surface area (Å²) < 4.78 is 17.1. The summed E-state index contributed by atoms with van der Waals surface area (Å²) in [7, 11) is 5.42. The maximum Gasteiger partial charge on any atom is 0.290 e. The van der Waals surface area contributed by atoms with Crippen LogP contribution in [0.3, 0.4) is 0 Å². The second-order valence-corrected chi connectivity index (χ2v) is 8.30. The van der Waals surface area contributed by atoms with E-state index in [0.717, 1.165) is 5.56 Å². The van der Waals surface area contributed by atoms with Crippen LogP contribution < -0.4 is 14.9 Å². The lowest BCUT2D eigenvalue weighted by atomic mass is 9.98. The number of carbonyl (C=O) groups is 1. The second kappa shape index (κ2) is 8.84. The van der Waals surface area contributed by atoms with Gasteiger partial charge in [-0.1, -0.05) is 17.7 Å². The number of likely N-dealkylation sites (N-methyl/N-ethyl adjacent to an activating group) is 1. The zero-order chi connectivity index (χ0) is 23.0. The van der Waals surface area contributed by atoms with Gasteiger partial charge in [0.05, 0.1) is 30.7 Å². The molecule has 8 heteroatoms. The van der Waals surface area contributed by atoms with E-state index in [9.17, 15) is 9.59 Å². The smallest absolute Gasteiger partial charge is 0.290 e. The van der Waals surface area contributed by atoms with Gasteiger partial charge >= 0.3 is 0 Å². The monoisotopic (exact) mass is 456 g/mol. The Morgan fingerprint density at radius 1 is 1.12 bits per heavy atom. The molecule has 32 heavy (non-hydrogen) atoms. The Kier molecular flexibility index (Phi) is 6.13. The number of carbonyl (C=O) groups excluding carboxylic acids is 1.